The molecule has 4 heterocycles. The number of ether oxygens (including phenoxy) is 1. The molecular formula is C28H30N6O. The first-order valence-corrected chi connectivity index (χ1v) is 12.2. The highest BCUT2D eigenvalue weighted by molar-refractivity contribution is 5.95. The summed E-state index contributed by atoms with van der Waals surface area (Å²) in [5.41, 5.74) is 7.45. The van der Waals surface area contributed by atoms with Gasteiger partial charge >= 0.3 is 0 Å². The Kier molecular flexibility index (Phi) is 5.68. The van der Waals surface area contributed by atoms with Crippen molar-refractivity contribution in [2.75, 3.05) is 45.6 Å². The minimum atomic E-state index is 0.127. The van der Waals surface area contributed by atoms with E-state index < -0.39 is 0 Å². The largest absolute Gasteiger partial charge is 0.373 e. The monoisotopic (exact) mass is 466 g/mol. The predicted octanol–water partition coefficient (Wildman–Crippen LogP) is 4.35. The third-order valence-corrected chi connectivity index (χ3v) is 7.14. The lowest BCUT2D eigenvalue weighted by molar-refractivity contribution is 0.105. The molecule has 7 heteroatoms. The van der Waals surface area contributed by atoms with E-state index in [1.165, 1.54) is 5.56 Å². The summed E-state index contributed by atoms with van der Waals surface area (Å²) in [5.74, 6) is 0.896. The van der Waals surface area contributed by atoms with E-state index in [9.17, 15) is 0 Å². The van der Waals surface area contributed by atoms with E-state index in [4.69, 9.17) is 9.72 Å². The zero-order chi connectivity index (χ0) is 23.9. The molecule has 4 aromatic rings. The van der Waals surface area contributed by atoms with Crippen LogP contribution in [-0.4, -0.2) is 71.3 Å². The molecule has 2 aromatic carbocycles. The Bertz CT molecular complexity index is 1380. The van der Waals surface area contributed by atoms with Gasteiger partial charge < -0.3 is 15.0 Å². The van der Waals surface area contributed by atoms with Crippen LogP contribution in [0.5, 0.6) is 0 Å². The summed E-state index contributed by atoms with van der Waals surface area (Å²) in [6.07, 6.45) is 3.87. The molecule has 0 aliphatic carbocycles. The van der Waals surface area contributed by atoms with E-state index in [2.05, 4.69) is 87.6 Å². The molecular weight excluding hydrogens is 436 g/mol. The average Bonchev–Trinajstić information content (AvgIpc) is 3.69. The van der Waals surface area contributed by atoms with Crippen LogP contribution in [0.1, 0.15) is 17.2 Å². The normalized spacial score (nSPS) is 20.8. The first-order chi connectivity index (χ1) is 17.1. The minimum absolute atomic E-state index is 0.127. The number of aryl methyl sites for hydroxylation is 1. The van der Waals surface area contributed by atoms with Crippen molar-refractivity contribution >= 4 is 16.7 Å². The number of nitrogens with one attached hydrogen (secondary N) is 1. The number of hydrogen-bond acceptors (Lipinski definition) is 7. The fourth-order valence-corrected chi connectivity index (χ4v) is 5.03. The lowest BCUT2D eigenvalue weighted by atomic mass is 9.99. The maximum absolute atomic E-state index is 6.13. The standard InChI is InChI=1S/C28H30N6O/c1-18-13-22(16-30-27(18)29-2)19-7-8-24-23(15-19)25(32-17-31-24)20-5-4-6-21(14-20)26-28(35-26)34-11-9-33(3)10-12-34/h4-8,13-17,26,28H,9-12H2,1-3H3,(H,29,30). The number of fused-ring (bicyclic) bond motifs is 1. The van der Waals surface area contributed by atoms with Crippen LogP contribution in [0.2, 0.25) is 0 Å². The van der Waals surface area contributed by atoms with Crippen molar-refractivity contribution in [3.8, 4) is 22.4 Å². The van der Waals surface area contributed by atoms with Crippen LogP contribution in [0, 0.1) is 6.92 Å². The number of aromatic nitrogens is 3. The summed E-state index contributed by atoms with van der Waals surface area (Å²) in [7, 11) is 4.07. The van der Waals surface area contributed by atoms with E-state index in [1.54, 1.807) is 6.33 Å². The average molecular weight is 467 g/mol. The van der Waals surface area contributed by atoms with Gasteiger partial charge in [-0.15, -0.1) is 0 Å². The van der Waals surface area contributed by atoms with Crippen LogP contribution in [0.15, 0.2) is 61.1 Å². The maximum Gasteiger partial charge on any atom is 0.142 e. The molecule has 2 atom stereocenters. The molecule has 0 amide bonds. The molecule has 0 spiro atoms. The number of pyridine rings is 1. The van der Waals surface area contributed by atoms with E-state index in [-0.39, 0.29) is 12.3 Å². The van der Waals surface area contributed by atoms with Crippen molar-refractivity contribution in [2.24, 2.45) is 0 Å². The quantitative estimate of drug-likeness (QED) is 0.439. The molecule has 2 fully saturated rings. The van der Waals surface area contributed by atoms with E-state index >= 15 is 0 Å². The van der Waals surface area contributed by atoms with Gasteiger partial charge in [-0.2, -0.15) is 0 Å². The maximum atomic E-state index is 6.13. The van der Waals surface area contributed by atoms with Crippen LogP contribution in [0.4, 0.5) is 5.82 Å². The molecule has 0 bridgehead atoms. The highest BCUT2D eigenvalue weighted by Crippen LogP contribution is 2.42. The number of epoxide rings is 1. The van der Waals surface area contributed by atoms with Gasteiger partial charge in [-0.3, -0.25) is 4.90 Å². The summed E-state index contributed by atoms with van der Waals surface area (Å²) in [6.45, 7) is 6.36. The van der Waals surface area contributed by atoms with Gasteiger partial charge in [-0.1, -0.05) is 24.3 Å². The van der Waals surface area contributed by atoms with Crippen LogP contribution >= 0.6 is 0 Å². The molecule has 6 rings (SSSR count). The smallest absolute Gasteiger partial charge is 0.142 e. The second-order valence-corrected chi connectivity index (χ2v) is 9.51. The Morgan fingerprint density at radius 2 is 1.77 bits per heavy atom. The number of rotatable bonds is 5. The third-order valence-electron chi connectivity index (χ3n) is 7.14. The van der Waals surface area contributed by atoms with Gasteiger partial charge in [0.05, 0.1) is 11.2 Å². The number of hydrogen-bond donors (Lipinski definition) is 1. The molecule has 178 valence electrons. The fraction of sp³-hybridized carbons (Fsp3) is 0.321. The first kappa shape index (κ1) is 22.1. The number of piperazine rings is 1. The summed E-state index contributed by atoms with van der Waals surface area (Å²) < 4.78 is 6.13. The Morgan fingerprint density at radius 3 is 2.57 bits per heavy atom. The Balaban J connectivity index is 1.32. The Labute approximate surface area is 205 Å². The van der Waals surface area contributed by atoms with E-state index in [0.717, 1.165) is 70.8 Å². The van der Waals surface area contributed by atoms with Gasteiger partial charge in [-0.05, 0) is 54.9 Å². The van der Waals surface area contributed by atoms with E-state index in [0.29, 0.717) is 0 Å². The van der Waals surface area contributed by atoms with Crippen LogP contribution < -0.4 is 5.32 Å². The third kappa shape index (κ3) is 4.27. The molecule has 0 saturated carbocycles. The Hall–Kier alpha value is -3.39. The first-order valence-electron chi connectivity index (χ1n) is 12.2. The minimum Gasteiger partial charge on any atom is -0.373 e. The molecule has 2 aliphatic heterocycles. The second-order valence-electron chi connectivity index (χ2n) is 9.51. The Morgan fingerprint density at radius 1 is 0.914 bits per heavy atom. The molecule has 35 heavy (non-hydrogen) atoms. The van der Waals surface area contributed by atoms with Gasteiger partial charge in [-0.25, -0.2) is 15.0 Å². The van der Waals surface area contributed by atoms with E-state index in [1.807, 2.05) is 13.2 Å². The van der Waals surface area contributed by atoms with Crippen LogP contribution in [0.25, 0.3) is 33.3 Å². The zero-order valence-electron chi connectivity index (χ0n) is 20.4. The molecule has 2 aliphatic rings. The number of nitrogens with zero attached hydrogens (tertiary/aromatic N) is 5. The molecule has 2 unspecified atom stereocenters. The summed E-state index contributed by atoms with van der Waals surface area (Å²) in [5, 5.41) is 4.17. The topological polar surface area (TPSA) is 69.7 Å². The molecule has 1 N–H and O–H groups in total. The second kappa shape index (κ2) is 9.00. The lowest BCUT2D eigenvalue weighted by Gasteiger charge is -2.31. The number of anilines is 1. The molecule has 2 aromatic heterocycles. The SMILES string of the molecule is CNc1ncc(-c2ccc3ncnc(-c4cccc(C5OC5N5CCN(C)CC5)c4)c3c2)cc1C. The van der Waals surface area contributed by atoms with Crippen LogP contribution in [0.3, 0.4) is 0 Å². The molecule has 0 radical (unpaired) electrons. The predicted molar refractivity (Wildman–Crippen MR) is 139 cm³/mol. The van der Waals surface area contributed by atoms with Gasteiger partial charge in [0.15, 0.2) is 0 Å². The zero-order valence-corrected chi connectivity index (χ0v) is 20.4. The summed E-state index contributed by atoms with van der Waals surface area (Å²) in [6, 6.07) is 17.1. The number of benzene rings is 2. The van der Waals surface area contributed by atoms with Crippen molar-refractivity contribution in [3.63, 3.8) is 0 Å². The molecule has 7 nitrogen and oxygen atoms in total. The molecule has 2 saturated heterocycles. The van der Waals surface area contributed by atoms with Crippen LogP contribution in [-0.2, 0) is 4.74 Å². The summed E-state index contributed by atoms with van der Waals surface area (Å²) in [4.78, 5) is 18.6. The van der Waals surface area contributed by atoms with Gasteiger partial charge in [0.2, 0.25) is 0 Å². The van der Waals surface area contributed by atoms with Gasteiger partial charge in [0.25, 0.3) is 0 Å². The van der Waals surface area contributed by atoms with Gasteiger partial charge in [0, 0.05) is 55.9 Å². The van der Waals surface area contributed by atoms with Crippen molar-refractivity contribution in [2.45, 2.75) is 19.3 Å². The van der Waals surface area contributed by atoms with Gasteiger partial charge in [0.1, 0.15) is 24.5 Å². The number of likely N-dealkylation sites (N-methyl/N-ethyl adjacent to an activating group) is 1. The van der Waals surface area contributed by atoms with Crippen molar-refractivity contribution < 1.29 is 4.74 Å². The van der Waals surface area contributed by atoms with Crippen molar-refractivity contribution in [3.05, 3.63) is 72.2 Å². The lowest BCUT2D eigenvalue weighted by Crippen LogP contribution is -2.45. The fourth-order valence-electron chi connectivity index (χ4n) is 5.03. The highest BCUT2D eigenvalue weighted by atomic mass is 16.6. The van der Waals surface area contributed by atoms with Crippen molar-refractivity contribution in [1.29, 1.82) is 0 Å². The highest BCUT2D eigenvalue weighted by Gasteiger charge is 2.45. The van der Waals surface area contributed by atoms with Crippen molar-refractivity contribution in [1.82, 2.24) is 24.8 Å². The summed E-state index contributed by atoms with van der Waals surface area (Å²) >= 11 is 0.